The second-order valence-corrected chi connectivity index (χ2v) is 3.90. The van der Waals surface area contributed by atoms with Crippen LogP contribution >= 0.6 is 0 Å². The lowest BCUT2D eigenvalue weighted by Gasteiger charge is -2.04. The SMILES string of the molecule is CC=C(C)C(=O)OCC=Cc1ccc(O)c(OC)c1. The summed E-state index contributed by atoms with van der Waals surface area (Å²) in [6.07, 6.45) is 5.23. The van der Waals surface area contributed by atoms with Crippen LogP contribution in [-0.4, -0.2) is 24.8 Å². The molecule has 0 aliphatic heterocycles. The third-order valence-electron chi connectivity index (χ3n) is 2.58. The third-order valence-corrected chi connectivity index (χ3v) is 2.58. The Hall–Kier alpha value is -2.23. The first-order valence-corrected chi connectivity index (χ1v) is 5.92. The highest BCUT2D eigenvalue weighted by molar-refractivity contribution is 5.87. The molecule has 1 aromatic carbocycles. The van der Waals surface area contributed by atoms with E-state index in [1.54, 1.807) is 50.3 Å². The minimum Gasteiger partial charge on any atom is -0.504 e. The van der Waals surface area contributed by atoms with Crippen molar-refractivity contribution in [2.75, 3.05) is 13.7 Å². The lowest BCUT2D eigenvalue weighted by molar-refractivity contribution is -0.137. The van der Waals surface area contributed by atoms with Crippen LogP contribution in [0.1, 0.15) is 19.4 Å². The molecule has 102 valence electrons. The molecule has 0 atom stereocenters. The van der Waals surface area contributed by atoms with E-state index < -0.39 is 0 Å². The molecule has 0 fully saturated rings. The second-order valence-electron chi connectivity index (χ2n) is 3.90. The van der Waals surface area contributed by atoms with Gasteiger partial charge in [-0.15, -0.1) is 0 Å². The summed E-state index contributed by atoms with van der Waals surface area (Å²) in [5.41, 5.74) is 1.44. The fraction of sp³-hybridized carbons (Fsp3) is 0.267. The highest BCUT2D eigenvalue weighted by Crippen LogP contribution is 2.26. The van der Waals surface area contributed by atoms with Crippen LogP contribution in [0, 0.1) is 0 Å². The zero-order valence-corrected chi connectivity index (χ0v) is 11.3. The summed E-state index contributed by atoms with van der Waals surface area (Å²) in [5, 5.41) is 9.44. The molecule has 4 nitrogen and oxygen atoms in total. The first kappa shape index (κ1) is 14.8. The van der Waals surface area contributed by atoms with Gasteiger partial charge in [-0.25, -0.2) is 4.79 Å². The monoisotopic (exact) mass is 262 g/mol. The summed E-state index contributed by atoms with van der Waals surface area (Å²) in [7, 11) is 1.49. The first-order valence-electron chi connectivity index (χ1n) is 5.92. The molecular weight excluding hydrogens is 244 g/mol. The van der Waals surface area contributed by atoms with Gasteiger partial charge >= 0.3 is 5.97 Å². The molecule has 0 heterocycles. The van der Waals surface area contributed by atoms with Crippen LogP contribution in [0.2, 0.25) is 0 Å². The predicted molar refractivity (Wildman–Crippen MR) is 74.1 cm³/mol. The van der Waals surface area contributed by atoms with Gasteiger partial charge in [0.15, 0.2) is 11.5 Å². The van der Waals surface area contributed by atoms with Gasteiger partial charge in [0.1, 0.15) is 6.61 Å². The number of allylic oxidation sites excluding steroid dienone is 1. The van der Waals surface area contributed by atoms with E-state index in [9.17, 15) is 9.90 Å². The summed E-state index contributed by atoms with van der Waals surface area (Å²) in [6.45, 7) is 3.69. The maximum absolute atomic E-state index is 11.4. The van der Waals surface area contributed by atoms with Gasteiger partial charge in [-0.2, -0.15) is 0 Å². The Morgan fingerprint density at radius 3 is 2.79 bits per heavy atom. The maximum Gasteiger partial charge on any atom is 0.333 e. The van der Waals surface area contributed by atoms with Crippen LogP contribution in [0.15, 0.2) is 35.9 Å². The Kier molecular flexibility index (Phi) is 5.67. The molecule has 0 aromatic heterocycles. The lowest BCUT2D eigenvalue weighted by atomic mass is 10.2. The Balaban J connectivity index is 2.56. The van der Waals surface area contributed by atoms with Gasteiger partial charge in [0, 0.05) is 5.57 Å². The summed E-state index contributed by atoms with van der Waals surface area (Å²) < 4.78 is 10.0. The van der Waals surface area contributed by atoms with E-state index in [2.05, 4.69) is 0 Å². The Morgan fingerprint density at radius 1 is 1.42 bits per heavy atom. The van der Waals surface area contributed by atoms with E-state index in [0.29, 0.717) is 11.3 Å². The van der Waals surface area contributed by atoms with E-state index in [4.69, 9.17) is 9.47 Å². The zero-order chi connectivity index (χ0) is 14.3. The number of benzene rings is 1. The summed E-state index contributed by atoms with van der Waals surface area (Å²) >= 11 is 0. The van der Waals surface area contributed by atoms with Gasteiger partial charge in [0.2, 0.25) is 0 Å². The Labute approximate surface area is 113 Å². The van der Waals surface area contributed by atoms with Crippen molar-refractivity contribution in [2.24, 2.45) is 0 Å². The molecule has 4 heteroatoms. The van der Waals surface area contributed by atoms with Gasteiger partial charge < -0.3 is 14.6 Å². The number of methoxy groups -OCH3 is 1. The molecule has 0 aliphatic carbocycles. The molecule has 0 spiro atoms. The third kappa shape index (κ3) is 4.50. The van der Waals surface area contributed by atoms with E-state index in [-0.39, 0.29) is 18.3 Å². The number of phenolic OH excluding ortho intramolecular Hbond substituents is 1. The van der Waals surface area contributed by atoms with Crippen molar-refractivity contribution in [1.29, 1.82) is 0 Å². The summed E-state index contributed by atoms with van der Waals surface area (Å²) in [6, 6.07) is 4.99. The maximum atomic E-state index is 11.4. The predicted octanol–water partition coefficient (Wildman–Crippen LogP) is 2.92. The average Bonchev–Trinajstić information content (AvgIpc) is 2.43. The second kappa shape index (κ2) is 7.26. The molecule has 0 bridgehead atoms. The van der Waals surface area contributed by atoms with Gasteiger partial charge in [-0.05, 0) is 37.6 Å². The molecule has 1 N–H and O–H groups in total. The number of phenols is 1. The van der Waals surface area contributed by atoms with Crippen molar-refractivity contribution in [3.63, 3.8) is 0 Å². The number of carbonyl (C=O) groups is 1. The standard InChI is InChI=1S/C15H18O4/c1-4-11(2)15(17)19-9-5-6-12-7-8-13(16)14(10-12)18-3/h4-8,10,16H,9H2,1-3H3. The number of hydrogen-bond donors (Lipinski definition) is 1. The minimum atomic E-state index is -0.324. The van der Waals surface area contributed by atoms with Crippen molar-refractivity contribution in [2.45, 2.75) is 13.8 Å². The first-order chi connectivity index (χ1) is 9.08. The Morgan fingerprint density at radius 2 is 2.16 bits per heavy atom. The number of ether oxygens (including phenoxy) is 2. The van der Waals surface area contributed by atoms with Crippen molar-refractivity contribution >= 4 is 12.0 Å². The van der Waals surface area contributed by atoms with Crippen LogP contribution in [0.3, 0.4) is 0 Å². The molecule has 0 radical (unpaired) electrons. The quantitative estimate of drug-likeness (QED) is 0.654. The van der Waals surface area contributed by atoms with Crippen LogP contribution in [0.5, 0.6) is 11.5 Å². The normalized spacial score (nSPS) is 11.6. The van der Waals surface area contributed by atoms with E-state index in [1.165, 1.54) is 7.11 Å². The van der Waals surface area contributed by atoms with Gasteiger partial charge in [0.25, 0.3) is 0 Å². The molecule has 1 aromatic rings. The molecule has 0 aliphatic rings. The van der Waals surface area contributed by atoms with Crippen LogP contribution in [0.25, 0.3) is 6.08 Å². The van der Waals surface area contributed by atoms with Gasteiger partial charge in [0.05, 0.1) is 7.11 Å². The molecule has 0 unspecified atom stereocenters. The molecule has 19 heavy (non-hydrogen) atoms. The zero-order valence-electron chi connectivity index (χ0n) is 11.3. The largest absolute Gasteiger partial charge is 0.504 e. The topological polar surface area (TPSA) is 55.8 Å². The number of aromatic hydroxyl groups is 1. The van der Waals surface area contributed by atoms with Crippen LogP contribution < -0.4 is 4.74 Å². The molecule has 1 rings (SSSR count). The molecular formula is C15H18O4. The van der Waals surface area contributed by atoms with E-state index >= 15 is 0 Å². The lowest BCUT2D eigenvalue weighted by Crippen LogP contribution is -2.05. The minimum absolute atomic E-state index is 0.0924. The number of rotatable bonds is 5. The van der Waals surface area contributed by atoms with Crippen LogP contribution in [-0.2, 0) is 9.53 Å². The highest BCUT2D eigenvalue weighted by atomic mass is 16.5. The van der Waals surface area contributed by atoms with Crippen molar-refractivity contribution in [1.82, 2.24) is 0 Å². The molecule has 0 saturated carbocycles. The van der Waals surface area contributed by atoms with Crippen molar-refractivity contribution in [3.8, 4) is 11.5 Å². The van der Waals surface area contributed by atoms with Crippen LogP contribution in [0.4, 0.5) is 0 Å². The molecule has 0 amide bonds. The fourth-order valence-electron chi connectivity index (χ4n) is 1.34. The molecule has 0 saturated heterocycles. The fourth-order valence-corrected chi connectivity index (χ4v) is 1.34. The van der Waals surface area contributed by atoms with Gasteiger partial charge in [-0.1, -0.05) is 18.2 Å². The van der Waals surface area contributed by atoms with Gasteiger partial charge in [-0.3, -0.25) is 0 Å². The van der Waals surface area contributed by atoms with Crippen molar-refractivity contribution < 1.29 is 19.4 Å². The Bertz CT molecular complexity index is 501. The number of esters is 1. The number of carbonyl (C=O) groups excluding carboxylic acids is 1. The smallest absolute Gasteiger partial charge is 0.333 e. The summed E-state index contributed by atoms with van der Waals surface area (Å²) in [5.74, 6) is 0.175. The highest BCUT2D eigenvalue weighted by Gasteiger charge is 2.02. The summed E-state index contributed by atoms with van der Waals surface area (Å²) in [4.78, 5) is 11.4. The van der Waals surface area contributed by atoms with Crippen molar-refractivity contribution in [3.05, 3.63) is 41.5 Å². The van der Waals surface area contributed by atoms with E-state index in [0.717, 1.165) is 5.56 Å². The average molecular weight is 262 g/mol. The number of hydrogen-bond acceptors (Lipinski definition) is 4. The van der Waals surface area contributed by atoms with E-state index in [1.807, 2.05) is 0 Å².